The number of benzene rings is 1. The Hall–Kier alpha value is -2.60. The standard InChI is InChI=1S/C19H19N3O2S/c1-3-13-5-7-14(8-6-13)16-12-17(24-22-16)21-19(23)15-9-10-20-18(11-15)25-4-2/h5-12H,3-4H2,1-2H3,(H,21,23). The number of nitrogens with zero attached hydrogens (tertiary/aromatic N) is 2. The van der Waals surface area contributed by atoms with Crippen LogP contribution in [0.15, 0.2) is 58.2 Å². The summed E-state index contributed by atoms with van der Waals surface area (Å²) in [5.74, 6) is 0.978. The maximum Gasteiger partial charge on any atom is 0.258 e. The number of rotatable bonds is 6. The van der Waals surface area contributed by atoms with Gasteiger partial charge in [0.15, 0.2) is 0 Å². The first-order valence-corrected chi connectivity index (χ1v) is 9.14. The van der Waals surface area contributed by atoms with E-state index in [-0.39, 0.29) is 5.91 Å². The molecule has 0 saturated heterocycles. The summed E-state index contributed by atoms with van der Waals surface area (Å²) in [4.78, 5) is 16.6. The molecule has 25 heavy (non-hydrogen) atoms. The largest absolute Gasteiger partial charge is 0.338 e. The van der Waals surface area contributed by atoms with Gasteiger partial charge in [0.2, 0.25) is 5.88 Å². The molecular weight excluding hydrogens is 334 g/mol. The molecule has 0 aliphatic heterocycles. The van der Waals surface area contributed by atoms with Gasteiger partial charge in [0.25, 0.3) is 5.91 Å². The average Bonchev–Trinajstić information content (AvgIpc) is 3.11. The van der Waals surface area contributed by atoms with Crippen LogP contribution in [-0.4, -0.2) is 21.8 Å². The van der Waals surface area contributed by atoms with Crippen molar-refractivity contribution < 1.29 is 9.32 Å². The van der Waals surface area contributed by atoms with Gasteiger partial charge in [0.05, 0.1) is 5.03 Å². The first-order chi connectivity index (χ1) is 12.2. The Labute approximate surface area is 150 Å². The summed E-state index contributed by atoms with van der Waals surface area (Å²) in [5, 5.41) is 7.59. The molecule has 0 bridgehead atoms. The molecule has 1 N–H and O–H groups in total. The molecule has 0 spiro atoms. The summed E-state index contributed by atoms with van der Waals surface area (Å²) >= 11 is 1.59. The van der Waals surface area contributed by atoms with Crippen LogP contribution in [-0.2, 0) is 6.42 Å². The molecule has 2 heterocycles. The smallest absolute Gasteiger partial charge is 0.258 e. The van der Waals surface area contributed by atoms with Crippen LogP contribution in [0.4, 0.5) is 5.88 Å². The lowest BCUT2D eigenvalue weighted by Crippen LogP contribution is -2.11. The lowest BCUT2D eigenvalue weighted by atomic mass is 10.1. The molecule has 3 aromatic rings. The molecule has 0 radical (unpaired) electrons. The second kappa shape index (κ2) is 7.98. The van der Waals surface area contributed by atoms with E-state index in [0.29, 0.717) is 17.1 Å². The maximum atomic E-state index is 12.4. The van der Waals surface area contributed by atoms with Crippen LogP contribution in [0.5, 0.6) is 0 Å². The van der Waals surface area contributed by atoms with Crippen molar-refractivity contribution in [3.8, 4) is 11.3 Å². The molecule has 0 unspecified atom stereocenters. The number of hydrogen-bond acceptors (Lipinski definition) is 5. The van der Waals surface area contributed by atoms with Crippen LogP contribution in [0.2, 0.25) is 0 Å². The van der Waals surface area contributed by atoms with Crippen LogP contribution in [0.3, 0.4) is 0 Å². The molecule has 0 atom stereocenters. The zero-order chi connectivity index (χ0) is 17.6. The summed E-state index contributed by atoms with van der Waals surface area (Å²) in [6, 6.07) is 13.3. The van der Waals surface area contributed by atoms with Gasteiger partial charge in [-0.2, -0.15) is 0 Å². The SMILES string of the molecule is CCSc1cc(C(=O)Nc2cc(-c3ccc(CC)cc3)no2)ccn1. The summed E-state index contributed by atoms with van der Waals surface area (Å²) in [6.45, 7) is 4.16. The lowest BCUT2D eigenvalue weighted by Gasteiger charge is -2.03. The summed E-state index contributed by atoms with van der Waals surface area (Å²) in [6.07, 6.45) is 2.62. The predicted octanol–water partition coefficient (Wildman–Crippen LogP) is 4.66. The molecule has 3 rings (SSSR count). The Morgan fingerprint density at radius 3 is 2.68 bits per heavy atom. The van der Waals surface area contributed by atoms with E-state index in [1.807, 2.05) is 19.1 Å². The number of hydrogen-bond donors (Lipinski definition) is 1. The van der Waals surface area contributed by atoms with E-state index in [4.69, 9.17) is 4.52 Å². The molecule has 0 fully saturated rings. The Balaban J connectivity index is 1.72. The first kappa shape index (κ1) is 17.2. The van der Waals surface area contributed by atoms with E-state index in [0.717, 1.165) is 22.8 Å². The third kappa shape index (κ3) is 4.28. The average molecular weight is 353 g/mol. The van der Waals surface area contributed by atoms with Crippen molar-refractivity contribution in [1.29, 1.82) is 0 Å². The third-order valence-corrected chi connectivity index (χ3v) is 4.50. The highest BCUT2D eigenvalue weighted by Crippen LogP contribution is 2.23. The molecule has 128 valence electrons. The van der Waals surface area contributed by atoms with Gasteiger partial charge >= 0.3 is 0 Å². The molecule has 0 saturated carbocycles. The Morgan fingerprint density at radius 2 is 1.96 bits per heavy atom. The minimum Gasteiger partial charge on any atom is -0.338 e. The van der Waals surface area contributed by atoms with Gasteiger partial charge in [-0.25, -0.2) is 4.98 Å². The van der Waals surface area contributed by atoms with Gasteiger partial charge in [-0.15, -0.1) is 11.8 Å². The van der Waals surface area contributed by atoms with Crippen molar-refractivity contribution in [2.45, 2.75) is 25.3 Å². The second-order valence-corrected chi connectivity index (χ2v) is 6.68. The molecule has 6 heteroatoms. The number of aryl methyl sites for hydroxylation is 1. The van der Waals surface area contributed by atoms with Gasteiger partial charge in [-0.1, -0.05) is 43.3 Å². The van der Waals surface area contributed by atoms with Crippen LogP contribution >= 0.6 is 11.8 Å². The minimum atomic E-state index is -0.246. The van der Waals surface area contributed by atoms with E-state index < -0.39 is 0 Å². The molecule has 2 aromatic heterocycles. The molecule has 0 aliphatic carbocycles. The van der Waals surface area contributed by atoms with E-state index >= 15 is 0 Å². The van der Waals surface area contributed by atoms with Crippen molar-refractivity contribution in [2.24, 2.45) is 0 Å². The quantitative estimate of drug-likeness (QED) is 0.653. The Kier molecular flexibility index (Phi) is 5.50. The Morgan fingerprint density at radius 1 is 1.16 bits per heavy atom. The topological polar surface area (TPSA) is 68.0 Å². The zero-order valence-electron chi connectivity index (χ0n) is 14.2. The number of carbonyl (C=O) groups is 1. The lowest BCUT2D eigenvalue weighted by molar-refractivity contribution is 0.102. The minimum absolute atomic E-state index is 0.246. The van der Waals surface area contributed by atoms with Crippen molar-refractivity contribution in [1.82, 2.24) is 10.1 Å². The van der Waals surface area contributed by atoms with Crippen LogP contribution in [0, 0.1) is 0 Å². The van der Waals surface area contributed by atoms with E-state index in [2.05, 4.69) is 34.5 Å². The summed E-state index contributed by atoms with van der Waals surface area (Å²) in [7, 11) is 0. The fourth-order valence-electron chi connectivity index (χ4n) is 2.34. The summed E-state index contributed by atoms with van der Waals surface area (Å²) in [5.41, 5.74) is 3.44. The molecule has 0 aliphatic rings. The highest BCUT2D eigenvalue weighted by Gasteiger charge is 2.12. The third-order valence-electron chi connectivity index (χ3n) is 3.69. The molecule has 1 aromatic carbocycles. The Bertz CT molecular complexity index is 859. The number of carbonyl (C=O) groups excluding carboxylic acids is 1. The van der Waals surface area contributed by atoms with Gasteiger partial charge < -0.3 is 4.52 Å². The van der Waals surface area contributed by atoms with E-state index in [1.165, 1.54) is 5.56 Å². The number of nitrogens with one attached hydrogen (secondary N) is 1. The molecular formula is C19H19N3O2S. The zero-order valence-corrected chi connectivity index (χ0v) is 15.0. The van der Waals surface area contributed by atoms with E-state index in [9.17, 15) is 4.79 Å². The number of anilines is 1. The molecule has 1 amide bonds. The fourth-order valence-corrected chi connectivity index (χ4v) is 2.98. The number of thioether (sulfide) groups is 1. The summed E-state index contributed by atoms with van der Waals surface area (Å²) < 4.78 is 5.24. The number of amides is 1. The normalized spacial score (nSPS) is 10.6. The van der Waals surface area contributed by atoms with Gasteiger partial charge in [0, 0.05) is 23.4 Å². The van der Waals surface area contributed by atoms with Crippen molar-refractivity contribution in [3.63, 3.8) is 0 Å². The van der Waals surface area contributed by atoms with Gasteiger partial charge in [-0.05, 0) is 29.9 Å². The number of aromatic nitrogens is 2. The van der Waals surface area contributed by atoms with Crippen LogP contribution < -0.4 is 5.32 Å². The predicted molar refractivity (Wildman–Crippen MR) is 99.9 cm³/mol. The highest BCUT2D eigenvalue weighted by molar-refractivity contribution is 7.99. The van der Waals surface area contributed by atoms with E-state index in [1.54, 1.807) is 36.2 Å². The number of pyridine rings is 1. The van der Waals surface area contributed by atoms with Crippen molar-refractivity contribution >= 4 is 23.6 Å². The van der Waals surface area contributed by atoms with Crippen LogP contribution in [0.1, 0.15) is 29.8 Å². The van der Waals surface area contributed by atoms with Gasteiger partial charge in [0.1, 0.15) is 5.69 Å². The molecule has 5 nitrogen and oxygen atoms in total. The second-order valence-electron chi connectivity index (χ2n) is 5.40. The van der Waals surface area contributed by atoms with Crippen LogP contribution in [0.25, 0.3) is 11.3 Å². The fraction of sp³-hybridized carbons (Fsp3) is 0.211. The van der Waals surface area contributed by atoms with Gasteiger partial charge in [-0.3, -0.25) is 10.1 Å². The highest BCUT2D eigenvalue weighted by atomic mass is 32.2. The van der Waals surface area contributed by atoms with Crippen molar-refractivity contribution in [2.75, 3.05) is 11.1 Å². The maximum absolute atomic E-state index is 12.4. The first-order valence-electron chi connectivity index (χ1n) is 8.15. The monoisotopic (exact) mass is 353 g/mol. The van der Waals surface area contributed by atoms with Crippen molar-refractivity contribution in [3.05, 3.63) is 59.8 Å².